The number of nitrogens with zero attached hydrogens (tertiary/aromatic N) is 2. The lowest BCUT2D eigenvalue weighted by atomic mass is 10.1. The first kappa shape index (κ1) is 30.4. The molecule has 0 aliphatic heterocycles. The zero-order valence-corrected chi connectivity index (χ0v) is 23.2. The number of nitrogens with one attached hydrogen (secondary N) is 1. The second-order valence-corrected chi connectivity index (χ2v) is 9.40. The van der Waals surface area contributed by atoms with Gasteiger partial charge >= 0.3 is 18.1 Å². The number of rotatable bonds is 12. The number of carbonyl (C=O) groups is 3. The van der Waals surface area contributed by atoms with Gasteiger partial charge in [0.1, 0.15) is 11.4 Å². The van der Waals surface area contributed by atoms with Crippen LogP contribution in [-0.4, -0.2) is 38.9 Å². The third-order valence-electron chi connectivity index (χ3n) is 5.92. The summed E-state index contributed by atoms with van der Waals surface area (Å²) in [5.74, 6) is -0.414. The summed E-state index contributed by atoms with van der Waals surface area (Å²) in [5, 5.41) is 16.0. The van der Waals surface area contributed by atoms with Gasteiger partial charge in [-0.05, 0) is 62.2 Å². The van der Waals surface area contributed by atoms with Crippen LogP contribution in [0.3, 0.4) is 0 Å². The minimum atomic E-state index is -1.39. The van der Waals surface area contributed by atoms with Gasteiger partial charge in [-0.25, -0.2) is 19.3 Å². The largest absolute Gasteiger partial charge is 0.478 e. The molecule has 0 aliphatic carbocycles. The van der Waals surface area contributed by atoms with Crippen molar-refractivity contribution >= 4 is 18.1 Å². The lowest BCUT2D eigenvalue weighted by Gasteiger charge is -2.23. The maximum atomic E-state index is 13.3. The Bertz CT molecular complexity index is 1410. The van der Waals surface area contributed by atoms with Crippen molar-refractivity contribution in [3.05, 3.63) is 109 Å². The van der Waals surface area contributed by atoms with Gasteiger partial charge in [0, 0.05) is 17.3 Å². The van der Waals surface area contributed by atoms with Crippen molar-refractivity contribution in [1.29, 1.82) is 0 Å². The van der Waals surface area contributed by atoms with Crippen LogP contribution in [0.4, 0.5) is 9.59 Å². The number of hydrogen-bond acceptors (Lipinski definition) is 7. The number of carboxylic acids is 1. The van der Waals surface area contributed by atoms with E-state index in [1.165, 1.54) is 26.0 Å². The van der Waals surface area contributed by atoms with Crippen LogP contribution in [0.25, 0.3) is 11.3 Å². The molecule has 3 rings (SSSR count). The van der Waals surface area contributed by atoms with Crippen LogP contribution in [0, 0.1) is 0 Å². The van der Waals surface area contributed by atoms with E-state index in [1.54, 1.807) is 67.6 Å². The molecule has 0 saturated carbocycles. The van der Waals surface area contributed by atoms with E-state index in [9.17, 15) is 19.5 Å². The predicted octanol–water partition coefficient (Wildman–Crippen LogP) is 6.64. The van der Waals surface area contributed by atoms with E-state index in [0.717, 1.165) is 10.5 Å². The average molecular weight is 560 g/mol. The van der Waals surface area contributed by atoms with E-state index >= 15 is 0 Å². The highest BCUT2D eigenvalue weighted by Crippen LogP contribution is 2.29. The summed E-state index contributed by atoms with van der Waals surface area (Å²) in [4.78, 5) is 38.7. The summed E-state index contributed by atoms with van der Waals surface area (Å²) in [6.07, 6.45) is 3.13. The molecule has 2 N–H and O–H groups in total. The van der Waals surface area contributed by atoms with Gasteiger partial charge in [0.15, 0.2) is 17.5 Å². The molecule has 3 aromatic rings. The number of benzene rings is 2. The SMILES string of the molecule is C=C/C=C(\C=C)NC(=O)N(Cc1ccccc1)C(=O)OC(CC)c1cc(-c2ccc(OC(C)(C)C(=O)O)cc2)no1. The highest BCUT2D eigenvalue weighted by atomic mass is 16.6. The molecular formula is C31H33N3O7. The van der Waals surface area contributed by atoms with Gasteiger partial charge in [-0.1, -0.05) is 61.6 Å². The molecule has 1 heterocycles. The number of carboxylic acid groups (broad SMARTS) is 1. The lowest BCUT2D eigenvalue weighted by Crippen LogP contribution is -2.43. The summed E-state index contributed by atoms with van der Waals surface area (Å²) in [5.41, 5.74) is 0.856. The van der Waals surface area contributed by atoms with E-state index in [1.807, 2.05) is 6.07 Å². The Hall–Kier alpha value is -5.12. The van der Waals surface area contributed by atoms with Crippen molar-refractivity contribution in [2.24, 2.45) is 0 Å². The number of aromatic nitrogens is 1. The first-order valence-corrected chi connectivity index (χ1v) is 12.9. The van der Waals surface area contributed by atoms with Gasteiger partial charge in [-0.15, -0.1) is 0 Å². The standard InChI is InChI=1S/C31H33N3O7/c1-6-12-23(7-2)32-29(37)34(20-21-13-10-9-11-14-21)30(38)39-26(8-3)27-19-25(33-41-27)22-15-17-24(18-16-22)40-31(4,5)28(35)36/h6-7,9-19,26H,1-2,8,20H2,3-5H3,(H,32,37)(H,35,36)/b23-12+. The van der Waals surface area contributed by atoms with Crippen LogP contribution in [0.5, 0.6) is 5.75 Å². The maximum absolute atomic E-state index is 13.3. The second kappa shape index (κ2) is 13.8. The average Bonchev–Trinajstić information content (AvgIpc) is 3.45. The van der Waals surface area contributed by atoms with Gasteiger partial charge in [-0.3, -0.25) is 0 Å². The molecule has 2 aromatic carbocycles. The van der Waals surface area contributed by atoms with Gasteiger partial charge in [0.25, 0.3) is 0 Å². The number of hydrogen-bond donors (Lipinski definition) is 2. The van der Waals surface area contributed by atoms with Crippen molar-refractivity contribution in [3.8, 4) is 17.0 Å². The zero-order valence-electron chi connectivity index (χ0n) is 23.2. The molecule has 0 bridgehead atoms. The Balaban J connectivity index is 1.77. The first-order valence-electron chi connectivity index (χ1n) is 12.9. The van der Waals surface area contributed by atoms with Crippen LogP contribution in [0.15, 0.2) is 102 Å². The number of urea groups is 1. The molecule has 0 spiro atoms. The highest BCUT2D eigenvalue weighted by Gasteiger charge is 2.30. The molecule has 0 radical (unpaired) electrons. The Morgan fingerprint density at radius 2 is 1.80 bits per heavy atom. The summed E-state index contributed by atoms with van der Waals surface area (Å²) < 4.78 is 16.7. The lowest BCUT2D eigenvalue weighted by molar-refractivity contribution is -0.152. The first-order chi connectivity index (χ1) is 19.6. The smallest absolute Gasteiger partial charge is 0.419 e. The normalized spacial score (nSPS) is 12.1. The molecule has 10 heteroatoms. The summed E-state index contributed by atoms with van der Waals surface area (Å²) in [6, 6.07) is 16.6. The monoisotopic (exact) mass is 559 g/mol. The molecule has 1 unspecified atom stereocenters. The zero-order chi connectivity index (χ0) is 30.0. The molecule has 1 aromatic heterocycles. The Morgan fingerprint density at radius 1 is 1.12 bits per heavy atom. The molecule has 0 aliphatic rings. The molecule has 3 amide bonds. The van der Waals surface area contributed by atoms with E-state index in [4.69, 9.17) is 14.0 Å². The quantitative estimate of drug-likeness (QED) is 0.236. The van der Waals surface area contributed by atoms with Crippen LogP contribution in [0.2, 0.25) is 0 Å². The third-order valence-corrected chi connectivity index (χ3v) is 5.92. The number of imide groups is 1. The highest BCUT2D eigenvalue weighted by molar-refractivity contribution is 5.92. The molecule has 41 heavy (non-hydrogen) atoms. The molecule has 0 saturated heterocycles. The predicted molar refractivity (Wildman–Crippen MR) is 153 cm³/mol. The molecule has 1 atom stereocenters. The van der Waals surface area contributed by atoms with E-state index in [2.05, 4.69) is 23.6 Å². The van der Waals surface area contributed by atoms with Crippen molar-refractivity contribution in [2.75, 3.05) is 0 Å². The molecule has 0 fully saturated rings. The van der Waals surface area contributed by atoms with Gasteiger partial charge < -0.3 is 24.4 Å². The number of amides is 3. The topological polar surface area (TPSA) is 131 Å². The van der Waals surface area contributed by atoms with Crippen molar-refractivity contribution in [2.45, 2.75) is 45.4 Å². The summed E-state index contributed by atoms with van der Waals surface area (Å²) in [7, 11) is 0. The van der Waals surface area contributed by atoms with Gasteiger partial charge in [0.2, 0.25) is 0 Å². The van der Waals surface area contributed by atoms with Gasteiger partial charge in [0.05, 0.1) is 6.54 Å². The number of aliphatic carboxylic acids is 1. The van der Waals surface area contributed by atoms with Crippen LogP contribution in [-0.2, 0) is 16.1 Å². The fourth-order valence-electron chi connectivity index (χ4n) is 3.60. The fourth-order valence-corrected chi connectivity index (χ4v) is 3.60. The van der Waals surface area contributed by atoms with Crippen molar-refractivity contribution < 1.29 is 33.5 Å². The van der Waals surface area contributed by atoms with E-state index < -0.39 is 29.8 Å². The van der Waals surface area contributed by atoms with Crippen LogP contribution >= 0.6 is 0 Å². The number of carbonyl (C=O) groups excluding carboxylic acids is 2. The fraction of sp³-hybridized carbons (Fsp3) is 0.226. The third kappa shape index (κ3) is 8.18. The van der Waals surface area contributed by atoms with Crippen molar-refractivity contribution in [1.82, 2.24) is 15.4 Å². The van der Waals surface area contributed by atoms with E-state index in [0.29, 0.717) is 34.9 Å². The van der Waals surface area contributed by atoms with Crippen LogP contribution in [0.1, 0.15) is 44.6 Å². The van der Waals surface area contributed by atoms with Crippen LogP contribution < -0.4 is 10.1 Å². The second-order valence-electron chi connectivity index (χ2n) is 9.40. The Morgan fingerprint density at radius 3 is 2.39 bits per heavy atom. The Kier molecular flexibility index (Phi) is 10.2. The van der Waals surface area contributed by atoms with Crippen molar-refractivity contribution in [3.63, 3.8) is 0 Å². The summed E-state index contributed by atoms with van der Waals surface area (Å²) in [6.45, 7) is 12.0. The van der Waals surface area contributed by atoms with E-state index in [-0.39, 0.29) is 6.54 Å². The molecule has 10 nitrogen and oxygen atoms in total. The minimum Gasteiger partial charge on any atom is -0.478 e. The number of ether oxygens (including phenoxy) is 2. The number of allylic oxidation sites excluding steroid dienone is 3. The van der Waals surface area contributed by atoms with Gasteiger partial charge in [-0.2, -0.15) is 0 Å². The maximum Gasteiger partial charge on any atom is 0.419 e. The summed E-state index contributed by atoms with van der Waals surface area (Å²) >= 11 is 0. The molecule has 214 valence electrons. The molecular weight excluding hydrogens is 526 g/mol. The minimum absolute atomic E-state index is 0.0325. The Labute approximate surface area is 238 Å².